The van der Waals surface area contributed by atoms with Crippen LogP contribution in [0.2, 0.25) is 0 Å². The highest BCUT2D eigenvalue weighted by Crippen LogP contribution is 2.30. The lowest BCUT2D eigenvalue weighted by molar-refractivity contribution is 0.646. The van der Waals surface area contributed by atoms with Crippen LogP contribution in [0.5, 0.6) is 0 Å². The lowest BCUT2D eigenvalue weighted by Crippen LogP contribution is -2.47. The molecule has 0 saturated carbocycles. The van der Waals surface area contributed by atoms with E-state index >= 15 is 0 Å². The fourth-order valence-electron chi connectivity index (χ4n) is 5.29. The van der Waals surface area contributed by atoms with E-state index in [1.165, 1.54) is 22.4 Å². The van der Waals surface area contributed by atoms with Crippen molar-refractivity contribution in [3.8, 4) is 0 Å². The Morgan fingerprint density at radius 2 is 1.26 bits per heavy atom. The van der Waals surface area contributed by atoms with E-state index in [1.807, 2.05) is 18.2 Å². The number of fused-ring (bicyclic) bond motifs is 1. The number of nitrogens with one attached hydrogen (secondary N) is 2. The van der Waals surface area contributed by atoms with Gasteiger partial charge in [0.15, 0.2) is 5.11 Å². The van der Waals surface area contributed by atoms with Crippen molar-refractivity contribution < 1.29 is 0 Å². The summed E-state index contributed by atoms with van der Waals surface area (Å²) in [5.74, 6) is 2.34. The van der Waals surface area contributed by atoms with Gasteiger partial charge >= 0.3 is 0 Å². The zero-order valence-electron chi connectivity index (χ0n) is 22.1. The summed E-state index contributed by atoms with van der Waals surface area (Å²) < 4.78 is 0. The van der Waals surface area contributed by atoms with E-state index in [9.17, 15) is 0 Å². The molecule has 198 valence electrons. The molecule has 1 saturated heterocycles. The highest BCUT2D eigenvalue weighted by molar-refractivity contribution is 7.80. The fraction of sp³-hybridized carbons (Fsp3) is 0.258. The molecule has 0 amide bonds. The van der Waals surface area contributed by atoms with Crippen LogP contribution in [0.1, 0.15) is 29.7 Å². The number of hydrogen-bond donors (Lipinski definition) is 2. The summed E-state index contributed by atoms with van der Waals surface area (Å²) in [7, 11) is 0. The third-order valence-electron chi connectivity index (χ3n) is 7.46. The second kappa shape index (κ2) is 11.3. The zero-order chi connectivity index (χ0) is 26.6. The maximum atomic E-state index is 5.68. The molecule has 8 heteroatoms. The highest BCUT2D eigenvalue weighted by atomic mass is 32.1. The van der Waals surface area contributed by atoms with Gasteiger partial charge in [-0.15, -0.1) is 0 Å². The molecule has 1 aromatic heterocycles. The molecule has 1 fully saturated rings. The smallest absolute Gasteiger partial charge is 0.232 e. The second-order valence-electron chi connectivity index (χ2n) is 10.1. The van der Waals surface area contributed by atoms with Gasteiger partial charge in [-0.3, -0.25) is 0 Å². The molecule has 0 spiro atoms. The Balaban J connectivity index is 1.21. The van der Waals surface area contributed by atoms with Crippen LogP contribution >= 0.6 is 12.2 Å². The van der Waals surface area contributed by atoms with Crippen molar-refractivity contribution in [2.75, 3.05) is 46.2 Å². The molecule has 0 aliphatic carbocycles. The molecular formula is C31H33N7S. The van der Waals surface area contributed by atoms with Crippen molar-refractivity contribution >= 4 is 40.6 Å². The molecule has 3 aromatic carbocycles. The van der Waals surface area contributed by atoms with E-state index in [4.69, 9.17) is 22.2 Å². The number of rotatable bonds is 6. The van der Waals surface area contributed by atoms with Gasteiger partial charge in [0.1, 0.15) is 11.6 Å². The first-order valence-electron chi connectivity index (χ1n) is 13.5. The first kappa shape index (κ1) is 25.1. The van der Waals surface area contributed by atoms with E-state index in [2.05, 4.69) is 105 Å². The third kappa shape index (κ3) is 5.81. The monoisotopic (exact) mass is 535 g/mol. The van der Waals surface area contributed by atoms with Crippen LogP contribution in [0, 0.1) is 0 Å². The van der Waals surface area contributed by atoms with Crippen LogP contribution in [-0.2, 0) is 13.1 Å². The molecule has 7 nitrogen and oxygen atoms in total. The molecule has 6 rings (SSSR count). The zero-order valence-corrected chi connectivity index (χ0v) is 22.9. The molecular weight excluding hydrogens is 502 g/mol. The summed E-state index contributed by atoms with van der Waals surface area (Å²) in [6, 6.07) is 31.7. The molecule has 2 aliphatic rings. The van der Waals surface area contributed by atoms with Gasteiger partial charge in [-0.05, 0) is 48.0 Å². The Hall–Kier alpha value is -4.17. The van der Waals surface area contributed by atoms with Gasteiger partial charge in [-0.2, -0.15) is 9.97 Å². The van der Waals surface area contributed by atoms with E-state index in [-0.39, 0.29) is 6.04 Å². The minimum absolute atomic E-state index is 0.0630. The number of para-hydroxylation sites is 1. The average Bonchev–Trinajstić information content (AvgIpc) is 3.43. The maximum Gasteiger partial charge on any atom is 0.232 e. The first-order valence-corrected chi connectivity index (χ1v) is 13.9. The Morgan fingerprint density at radius 3 is 1.90 bits per heavy atom. The van der Waals surface area contributed by atoms with Crippen molar-refractivity contribution in [2.45, 2.75) is 26.1 Å². The van der Waals surface area contributed by atoms with E-state index in [1.54, 1.807) is 0 Å². The highest BCUT2D eigenvalue weighted by Gasteiger charge is 2.24. The number of aromatic nitrogens is 2. The fourth-order valence-corrected chi connectivity index (χ4v) is 5.56. The number of hydrogen-bond acceptors (Lipinski definition) is 6. The third-order valence-corrected chi connectivity index (χ3v) is 7.68. The molecule has 39 heavy (non-hydrogen) atoms. The van der Waals surface area contributed by atoms with Crippen molar-refractivity contribution in [1.82, 2.24) is 15.3 Å². The SMILES string of the molecule is C[C@@H](NC(=S)Nc1nc(N2CCN(c3ccccc3)CC2)cc(N2Cc3ccccc3C2)n1)c1ccccc1. The van der Waals surface area contributed by atoms with E-state index in [0.717, 1.165) is 50.9 Å². The van der Waals surface area contributed by atoms with Crippen molar-refractivity contribution in [2.24, 2.45) is 0 Å². The number of benzene rings is 3. The van der Waals surface area contributed by atoms with Crippen LogP contribution in [0.3, 0.4) is 0 Å². The van der Waals surface area contributed by atoms with Gasteiger partial charge in [0.2, 0.25) is 5.95 Å². The minimum atomic E-state index is 0.0630. The molecule has 1 atom stereocenters. The van der Waals surface area contributed by atoms with Crippen molar-refractivity contribution in [3.05, 3.63) is 108 Å². The van der Waals surface area contributed by atoms with Crippen LogP contribution < -0.4 is 25.3 Å². The molecule has 3 heterocycles. The van der Waals surface area contributed by atoms with Crippen LogP contribution in [0.15, 0.2) is 91.0 Å². The van der Waals surface area contributed by atoms with Gasteiger partial charge in [0.25, 0.3) is 0 Å². The number of anilines is 4. The summed E-state index contributed by atoms with van der Waals surface area (Å²) >= 11 is 5.68. The Bertz CT molecular complexity index is 1400. The normalized spacial score (nSPS) is 15.6. The first-order chi connectivity index (χ1) is 19.1. The molecule has 4 aromatic rings. The van der Waals surface area contributed by atoms with Crippen LogP contribution in [0.25, 0.3) is 0 Å². The van der Waals surface area contributed by atoms with Gasteiger partial charge in [-0.25, -0.2) is 0 Å². The van der Waals surface area contributed by atoms with Gasteiger partial charge < -0.3 is 25.3 Å². The standard InChI is InChI=1S/C31H33N7S/c1-23(24-10-4-2-5-11-24)32-31(39)35-30-33-28(37-18-16-36(17-19-37)27-14-6-3-7-15-27)20-29(34-30)38-21-25-12-8-9-13-26(25)22-38/h2-15,20,23H,16-19,21-22H2,1H3,(H2,32,33,34,35,39)/t23-/m1/s1. The minimum Gasteiger partial charge on any atom is -0.368 e. The summed E-state index contributed by atoms with van der Waals surface area (Å²) in [4.78, 5) is 16.9. The molecule has 2 aliphatic heterocycles. The van der Waals surface area contributed by atoms with Crippen molar-refractivity contribution in [3.63, 3.8) is 0 Å². The lowest BCUT2D eigenvalue weighted by atomic mass is 10.1. The van der Waals surface area contributed by atoms with Gasteiger partial charge in [-0.1, -0.05) is 72.8 Å². The Labute approximate surface area is 235 Å². The molecule has 0 bridgehead atoms. The predicted octanol–water partition coefficient (Wildman–Crippen LogP) is 5.37. The summed E-state index contributed by atoms with van der Waals surface area (Å²) in [5, 5.41) is 7.16. The lowest BCUT2D eigenvalue weighted by Gasteiger charge is -2.37. The number of thiocarbonyl (C=S) groups is 1. The summed E-state index contributed by atoms with van der Waals surface area (Å²) in [5.41, 5.74) is 5.12. The van der Waals surface area contributed by atoms with Crippen LogP contribution in [0.4, 0.5) is 23.3 Å². The Morgan fingerprint density at radius 1 is 0.718 bits per heavy atom. The van der Waals surface area contributed by atoms with Gasteiger partial charge in [0, 0.05) is 51.0 Å². The molecule has 2 N–H and O–H groups in total. The van der Waals surface area contributed by atoms with E-state index < -0.39 is 0 Å². The second-order valence-corrected chi connectivity index (χ2v) is 10.5. The number of piperazine rings is 1. The van der Waals surface area contributed by atoms with Crippen LogP contribution in [-0.4, -0.2) is 41.3 Å². The Kier molecular flexibility index (Phi) is 7.27. The summed E-state index contributed by atoms with van der Waals surface area (Å²) in [6.07, 6.45) is 0. The number of nitrogens with zero attached hydrogens (tertiary/aromatic N) is 5. The quantitative estimate of drug-likeness (QED) is 0.320. The van der Waals surface area contributed by atoms with E-state index in [0.29, 0.717) is 11.1 Å². The molecule has 0 unspecified atom stereocenters. The maximum absolute atomic E-state index is 5.68. The largest absolute Gasteiger partial charge is 0.368 e. The van der Waals surface area contributed by atoms with Crippen molar-refractivity contribution in [1.29, 1.82) is 0 Å². The topological polar surface area (TPSA) is 59.6 Å². The molecule has 0 radical (unpaired) electrons. The average molecular weight is 536 g/mol. The summed E-state index contributed by atoms with van der Waals surface area (Å²) in [6.45, 7) is 7.42. The van der Waals surface area contributed by atoms with Gasteiger partial charge in [0.05, 0.1) is 6.04 Å². The predicted molar refractivity (Wildman–Crippen MR) is 163 cm³/mol.